The lowest BCUT2D eigenvalue weighted by atomic mass is 9.86. The van der Waals surface area contributed by atoms with E-state index in [0.29, 0.717) is 5.92 Å². The zero-order valence-corrected chi connectivity index (χ0v) is 8.06. The van der Waals surface area contributed by atoms with E-state index in [9.17, 15) is 0 Å². The van der Waals surface area contributed by atoms with Gasteiger partial charge in [-0.15, -0.1) is 0 Å². The fourth-order valence-electron chi connectivity index (χ4n) is 2.37. The van der Waals surface area contributed by atoms with Crippen LogP contribution in [0.15, 0.2) is 0 Å². The van der Waals surface area contributed by atoms with Crippen molar-refractivity contribution in [2.45, 2.75) is 45.1 Å². The maximum atomic E-state index is 9.14. The monoisotopic (exact) mass is 166 g/mol. The second-order valence-corrected chi connectivity index (χ2v) is 3.61. The van der Waals surface area contributed by atoms with Crippen molar-refractivity contribution in [3.8, 4) is 6.07 Å². The quantitative estimate of drug-likeness (QED) is 0.696. The summed E-state index contributed by atoms with van der Waals surface area (Å²) in [5.41, 5.74) is -0.191. The van der Waals surface area contributed by atoms with Crippen LogP contribution in [0.2, 0.25) is 0 Å². The Morgan fingerprint density at radius 3 is 2.83 bits per heavy atom. The van der Waals surface area contributed by atoms with Crippen LogP contribution in [0.25, 0.3) is 0 Å². The molecule has 2 nitrogen and oxygen atoms in total. The predicted octanol–water partition coefficient (Wildman–Crippen LogP) is 2.07. The lowest BCUT2D eigenvalue weighted by Gasteiger charge is -2.28. The lowest BCUT2D eigenvalue weighted by Crippen LogP contribution is -2.46. The van der Waals surface area contributed by atoms with Crippen LogP contribution >= 0.6 is 0 Å². The Kier molecular flexibility index (Phi) is 3.11. The van der Waals surface area contributed by atoms with E-state index in [2.05, 4.69) is 25.2 Å². The largest absolute Gasteiger partial charge is 0.299 e. The molecule has 2 atom stereocenters. The standard InChI is InChI=1S/C10H18N2/c1-3-9-6-5-7-10(9,8-11)12-4-2/h9,12H,3-7H2,1-2H3. The van der Waals surface area contributed by atoms with Crippen LogP contribution in [0.3, 0.4) is 0 Å². The molecule has 12 heavy (non-hydrogen) atoms. The third kappa shape index (κ3) is 1.47. The summed E-state index contributed by atoms with van der Waals surface area (Å²) in [6, 6.07) is 2.47. The Bertz CT molecular complexity index is 183. The van der Waals surface area contributed by atoms with Gasteiger partial charge in [-0.2, -0.15) is 5.26 Å². The average molecular weight is 166 g/mol. The molecule has 0 amide bonds. The molecule has 1 rings (SSSR count). The van der Waals surface area contributed by atoms with Crippen LogP contribution in [0.5, 0.6) is 0 Å². The van der Waals surface area contributed by atoms with E-state index in [1.54, 1.807) is 0 Å². The summed E-state index contributed by atoms with van der Waals surface area (Å²) >= 11 is 0. The molecule has 1 fully saturated rings. The molecule has 1 N–H and O–H groups in total. The summed E-state index contributed by atoms with van der Waals surface area (Å²) in [5.74, 6) is 0.572. The highest BCUT2D eigenvalue weighted by Crippen LogP contribution is 2.37. The first kappa shape index (κ1) is 9.54. The van der Waals surface area contributed by atoms with E-state index in [0.717, 1.165) is 19.4 Å². The molecular weight excluding hydrogens is 148 g/mol. The van der Waals surface area contributed by atoms with Crippen molar-refractivity contribution in [1.82, 2.24) is 5.32 Å². The normalized spacial score (nSPS) is 34.9. The highest BCUT2D eigenvalue weighted by atomic mass is 15.0. The maximum absolute atomic E-state index is 9.14. The Labute approximate surface area is 75.0 Å². The SMILES string of the molecule is CCNC1(C#N)CCCC1CC. The number of hydrogen-bond acceptors (Lipinski definition) is 2. The molecule has 0 radical (unpaired) electrons. The Morgan fingerprint density at radius 1 is 1.58 bits per heavy atom. The van der Waals surface area contributed by atoms with Crippen molar-refractivity contribution in [2.75, 3.05) is 6.54 Å². The topological polar surface area (TPSA) is 35.8 Å². The zero-order chi connectivity index (χ0) is 9.03. The zero-order valence-electron chi connectivity index (χ0n) is 8.06. The van der Waals surface area contributed by atoms with Crippen LogP contribution in [0, 0.1) is 17.2 Å². The summed E-state index contributed by atoms with van der Waals surface area (Å²) in [5, 5.41) is 12.5. The molecule has 0 aromatic rings. The number of nitrogens with zero attached hydrogens (tertiary/aromatic N) is 1. The molecule has 0 saturated heterocycles. The number of rotatable bonds is 3. The first-order valence-corrected chi connectivity index (χ1v) is 4.95. The summed E-state index contributed by atoms with van der Waals surface area (Å²) in [4.78, 5) is 0. The Balaban J connectivity index is 2.70. The Hall–Kier alpha value is -0.550. The third-order valence-corrected chi connectivity index (χ3v) is 3.01. The molecule has 1 aliphatic rings. The predicted molar refractivity (Wildman–Crippen MR) is 49.7 cm³/mol. The van der Waals surface area contributed by atoms with Gasteiger partial charge in [-0.05, 0) is 25.3 Å². The fourth-order valence-corrected chi connectivity index (χ4v) is 2.37. The van der Waals surface area contributed by atoms with Gasteiger partial charge in [0.25, 0.3) is 0 Å². The van der Waals surface area contributed by atoms with E-state index in [1.165, 1.54) is 12.8 Å². The highest BCUT2D eigenvalue weighted by Gasteiger charge is 2.41. The molecule has 2 heteroatoms. The summed E-state index contributed by atoms with van der Waals surface area (Å²) < 4.78 is 0. The first-order valence-electron chi connectivity index (χ1n) is 4.95. The minimum Gasteiger partial charge on any atom is -0.299 e. The van der Waals surface area contributed by atoms with Crippen LogP contribution in [0.4, 0.5) is 0 Å². The minimum absolute atomic E-state index is 0.191. The van der Waals surface area contributed by atoms with Crippen molar-refractivity contribution >= 4 is 0 Å². The second kappa shape index (κ2) is 3.91. The molecular formula is C10H18N2. The maximum Gasteiger partial charge on any atom is 0.109 e. The van der Waals surface area contributed by atoms with Crippen LogP contribution in [-0.4, -0.2) is 12.1 Å². The summed E-state index contributed by atoms with van der Waals surface area (Å²) in [7, 11) is 0. The van der Waals surface area contributed by atoms with Crippen LogP contribution in [0.1, 0.15) is 39.5 Å². The molecule has 0 aliphatic heterocycles. The molecule has 1 aliphatic carbocycles. The average Bonchev–Trinajstić information content (AvgIpc) is 2.49. The van der Waals surface area contributed by atoms with Gasteiger partial charge in [-0.1, -0.05) is 26.7 Å². The third-order valence-electron chi connectivity index (χ3n) is 3.01. The van der Waals surface area contributed by atoms with Gasteiger partial charge in [0.1, 0.15) is 5.54 Å². The molecule has 0 aromatic carbocycles. The number of nitrogens with one attached hydrogen (secondary N) is 1. The molecule has 1 saturated carbocycles. The summed E-state index contributed by atoms with van der Waals surface area (Å²) in [6.45, 7) is 5.16. The van der Waals surface area contributed by atoms with Gasteiger partial charge in [0.05, 0.1) is 6.07 Å². The van der Waals surface area contributed by atoms with Gasteiger partial charge in [0.2, 0.25) is 0 Å². The fraction of sp³-hybridized carbons (Fsp3) is 0.900. The van der Waals surface area contributed by atoms with Gasteiger partial charge >= 0.3 is 0 Å². The van der Waals surface area contributed by atoms with E-state index in [4.69, 9.17) is 5.26 Å². The highest BCUT2D eigenvalue weighted by molar-refractivity contribution is 5.13. The molecule has 0 spiro atoms. The van der Waals surface area contributed by atoms with Gasteiger partial charge in [0.15, 0.2) is 0 Å². The van der Waals surface area contributed by atoms with E-state index >= 15 is 0 Å². The van der Waals surface area contributed by atoms with Crippen molar-refractivity contribution in [3.63, 3.8) is 0 Å². The minimum atomic E-state index is -0.191. The van der Waals surface area contributed by atoms with Crippen molar-refractivity contribution in [2.24, 2.45) is 5.92 Å². The molecule has 0 bridgehead atoms. The van der Waals surface area contributed by atoms with Crippen molar-refractivity contribution in [3.05, 3.63) is 0 Å². The molecule has 0 heterocycles. The smallest absolute Gasteiger partial charge is 0.109 e. The summed E-state index contributed by atoms with van der Waals surface area (Å²) in [6.07, 6.45) is 4.59. The van der Waals surface area contributed by atoms with Gasteiger partial charge in [-0.3, -0.25) is 5.32 Å². The van der Waals surface area contributed by atoms with Crippen molar-refractivity contribution < 1.29 is 0 Å². The van der Waals surface area contributed by atoms with E-state index < -0.39 is 0 Å². The van der Waals surface area contributed by atoms with E-state index in [1.807, 2.05) is 0 Å². The second-order valence-electron chi connectivity index (χ2n) is 3.61. The first-order chi connectivity index (χ1) is 5.79. The van der Waals surface area contributed by atoms with Gasteiger partial charge in [0, 0.05) is 0 Å². The number of nitriles is 1. The molecule has 2 unspecified atom stereocenters. The van der Waals surface area contributed by atoms with Gasteiger partial charge in [-0.25, -0.2) is 0 Å². The van der Waals surface area contributed by atoms with Crippen molar-refractivity contribution in [1.29, 1.82) is 5.26 Å². The lowest BCUT2D eigenvalue weighted by molar-refractivity contribution is 0.315. The van der Waals surface area contributed by atoms with Gasteiger partial charge < -0.3 is 0 Å². The molecule has 68 valence electrons. The number of hydrogen-bond donors (Lipinski definition) is 1. The van der Waals surface area contributed by atoms with Crippen LogP contribution < -0.4 is 5.32 Å². The molecule has 0 aromatic heterocycles. The van der Waals surface area contributed by atoms with Crippen LogP contribution in [-0.2, 0) is 0 Å². The Morgan fingerprint density at radius 2 is 2.33 bits per heavy atom. The van der Waals surface area contributed by atoms with E-state index in [-0.39, 0.29) is 5.54 Å².